The van der Waals surface area contributed by atoms with Gasteiger partial charge in [-0.25, -0.2) is 4.98 Å². The molecule has 0 atom stereocenters. The summed E-state index contributed by atoms with van der Waals surface area (Å²) in [6, 6.07) is 11.9. The molecule has 0 spiro atoms. The van der Waals surface area contributed by atoms with Crippen LogP contribution in [0.3, 0.4) is 0 Å². The lowest BCUT2D eigenvalue weighted by Crippen LogP contribution is -2.01. The Labute approximate surface area is 117 Å². The average Bonchev–Trinajstić information content (AvgIpc) is 2.38. The van der Waals surface area contributed by atoms with Crippen molar-refractivity contribution in [1.29, 1.82) is 0 Å². The predicted octanol–water partition coefficient (Wildman–Crippen LogP) is 3.79. The molecule has 0 fully saturated rings. The highest BCUT2D eigenvalue weighted by Gasteiger charge is 2.06. The van der Waals surface area contributed by atoms with Gasteiger partial charge in [-0.3, -0.25) is 0 Å². The number of thioether (sulfide) groups is 1. The van der Waals surface area contributed by atoms with Crippen molar-refractivity contribution < 1.29 is 0 Å². The number of hydrogen-bond acceptors (Lipinski definition) is 3. The fraction of sp³-hybridized carbons (Fsp3) is 0.214. The Kier molecular flexibility index (Phi) is 4.64. The van der Waals surface area contributed by atoms with Crippen molar-refractivity contribution in [3.8, 4) is 0 Å². The van der Waals surface area contributed by atoms with Gasteiger partial charge in [-0.1, -0.05) is 35.9 Å². The third kappa shape index (κ3) is 3.25. The summed E-state index contributed by atoms with van der Waals surface area (Å²) in [6.07, 6.45) is 0. The number of aryl methyl sites for hydroxylation is 1. The van der Waals surface area contributed by atoms with Crippen LogP contribution in [0.2, 0.25) is 5.02 Å². The zero-order valence-electron chi connectivity index (χ0n) is 10.2. The monoisotopic (exact) mass is 278 g/mol. The number of aromatic nitrogens is 1. The zero-order chi connectivity index (χ0) is 13.0. The highest BCUT2D eigenvalue weighted by atomic mass is 35.5. The molecule has 0 saturated heterocycles. The number of rotatable bonds is 4. The summed E-state index contributed by atoms with van der Waals surface area (Å²) in [7, 11) is 0. The first kappa shape index (κ1) is 13.4. The second kappa shape index (κ2) is 6.23. The van der Waals surface area contributed by atoms with E-state index >= 15 is 0 Å². The third-order valence-corrected chi connectivity index (χ3v) is 4.07. The van der Waals surface area contributed by atoms with Crippen molar-refractivity contribution >= 4 is 23.4 Å². The fourth-order valence-corrected chi connectivity index (χ4v) is 2.97. The first-order chi connectivity index (χ1) is 8.70. The van der Waals surface area contributed by atoms with Crippen molar-refractivity contribution in [3.63, 3.8) is 0 Å². The minimum absolute atomic E-state index is 0.512. The Morgan fingerprint density at radius 2 is 1.94 bits per heavy atom. The molecule has 18 heavy (non-hydrogen) atoms. The molecular formula is C14H15ClN2S. The van der Waals surface area contributed by atoms with Crippen molar-refractivity contribution in [2.45, 2.75) is 24.2 Å². The van der Waals surface area contributed by atoms with E-state index < -0.39 is 0 Å². The molecule has 2 N–H and O–H groups in total. The number of nitrogens with two attached hydrogens (primary N) is 1. The van der Waals surface area contributed by atoms with Crippen LogP contribution >= 0.6 is 23.4 Å². The third-order valence-electron chi connectivity index (χ3n) is 2.62. The van der Waals surface area contributed by atoms with Crippen LogP contribution in [0.4, 0.5) is 0 Å². The van der Waals surface area contributed by atoms with Gasteiger partial charge in [0.15, 0.2) is 0 Å². The van der Waals surface area contributed by atoms with Gasteiger partial charge in [-0.15, -0.1) is 11.8 Å². The molecule has 2 rings (SSSR count). The van der Waals surface area contributed by atoms with E-state index in [9.17, 15) is 0 Å². The molecule has 1 aromatic heterocycles. The van der Waals surface area contributed by atoms with E-state index in [0.29, 0.717) is 6.54 Å². The van der Waals surface area contributed by atoms with E-state index in [1.54, 1.807) is 11.8 Å². The molecule has 0 bridgehead atoms. The summed E-state index contributed by atoms with van der Waals surface area (Å²) in [6.45, 7) is 2.50. The topological polar surface area (TPSA) is 38.9 Å². The van der Waals surface area contributed by atoms with E-state index in [4.69, 9.17) is 17.3 Å². The van der Waals surface area contributed by atoms with Gasteiger partial charge < -0.3 is 5.73 Å². The first-order valence-corrected chi connectivity index (χ1v) is 7.10. The van der Waals surface area contributed by atoms with Gasteiger partial charge in [0, 0.05) is 23.0 Å². The second-order valence-corrected chi connectivity index (χ2v) is 5.37. The normalized spacial score (nSPS) is 10.6. The Morgan fingerprint density at radius 3 is 2.67 bits per heavy atom. The molecule has 2 nitrogen and oxygen atoms in total. The molecule has 94 valence electrons. The predicted molar refractivity (Wildman–Crippen MR) is 77.9 cm³/mol. The van der Waals surface area contributed by atoms with Gasteiger partial charge in [-0.05, 0) is 30.2 Å². The summed E-state index contributed by atoms with van der Waals surface area (Å²) in [5.41, 5.74) is 8.93. The molecule has 1 heterocycles. The van der Waals surface area contributed by atoms with Crippen LogP contribution < -0.4 is 5.73 Å². The Balaban J connectivity index is 2.15. The van der Waals surface area contributed by atoms with Crippen LogP contribution in [-0.4, -0.2) is 4.98 Å². The minimum Gasteiger partial charge on any atom is -0.326 e. The molecular weight excluding hydrogens is 264 g/mol. The van der Waals surface area contributed by atoms with Crippen molar-refractivity contribution in [3.05, 3.63) is 58.2 Å². The van der Waals surface area contributed by atoms with Gasteiger partial charge in [0.2, 0.25) is 0 Å². The summed E-state index contributed by atoms with van der Waals surface area (Å²) in [5.74, 6) is 0.809. The van der Waals surface area contributed by atoms with Crippen LogP contribution in [0.15, 0.2) is 41.4 Å². The summed E-state index contributed by atoms with van der Waals surface area (Å²) in [4.78, 5) is 4.53. The van der Waals surface area contributed by atoms with E-state index in [1.807, 2.05) is 43.3 Å². The molecule has 1 aromatic carbocycles. The van der Waals surface area contributed by atoms with Gasteiger partial charge in [0.1, 0.15) is 5.03 Å². The van der Waals surface area contributed by atoms with Crippen LogP contribution in [0.25, 0.3) is 0 Å². The molecule has 0 radical (unpaired) electrons. The minimum atomic E-state index is 0.512. The molecule has 4 heteroatoms. The maximum Gasteiger partial charge on any atom is 0.101 e. The van der Waals surface area contributed by atoms with Gasteiger partial charge >= 0.3 is 0 Å². The van der Waals surface area contributed by atoms with Crippen LogP contribution in [0.1, 0.15) is 16.8 Å². The Morgan fingerprint density at radius 1 is 1.17 bits per heavy atom. The molecule has 0 aliphatic rings. The Hall–Kier alpha value is -1.03. The molecule has 2 aromatic rings. The van der Waals surface area contributed by atoms with Crippen LogP contribution in [-0.2, 0) is 12.3 Å². The van der Waals surface area contributed by atoms with Crippen molar-refractivity contribution in [2.75, 3.05) is 0 Å². The highest BCUT2D eigenvalue weighted by Crippen LogP contribution is 2.27. The summed E-state index contributed by atoms with van der Waals surface area (Å²) < 4.78 is 0. The van der Waals surface area contributed by atoms with E-state index in [2.05, 4.69) is 4.98 Å². The number of nitrogens with zero attached hydrogens (tertiary/aromatic N) is 1. The van der Waals surface area contributed by atoms with E-state index in [-0.39, 0.29) is 0 Å². The quantitative estimate of drug-likeness (QED) is 0.865. The standard InChI is InChI=1S/C14H15ClN2S/c1-10-6-7-11(8-16)14(17-10)18-9-12-4-2-3-5-13(12)15/h2-7H,8-9,16H2,1H3. The second-order valence-electron chi connectivity index (χ2n) is 4.00. The van der Waals surface area contributed by atoms with Crippen molar-refractivity contribution in [2.24, 2.45) is 5.73 Å². The molecule has 0 saturated carbocycles. The summed E-state index contributed by atoms with van der Waals surface area (Å²) >= 11 is 7.81. The maximum atomic E-state index is 6.14. The number of halogens is 1. The molecule has 0 aliphatic heterocycles. The lowest BCUT2D eigenvalue weighted by Gasteiger charge is -2.08. The van der Waals surface area contributed by atoms with Crippen LogP contribution in [0, 0.1) is 6.92 Å². The molecule has 0 amide bonds. The number of pyridine rings is 1. The SMILES string of the molecule is Cc1ccc(CN)c(SCc2ccccc2Cl)n1. The van der Waals surface area contributed by atoms with Crippen LogP contribution in [0.5, 0.6) is 0 Å². The molecule has 0 unspecified atom stereocenters. The largest absolute Gasteiger partial charge is 0.326 e. The lowest BCUT2D eigenvalue weighted by molar-refractivity contribution is 0.941. The highest BCUT2D eigenvalue weighted by molar-refractivity contribution is 7.98. The number of hydrogen-bond donors (Lipinski definition) is 1. The van der Waals surface area contributed by atoms with Gasteiger partial charge in [-0.2, -0.15) is 0 Å². The maximum absolute atomic E-state index is 6.14. The first-order valence-electron chi connectivity index (χ1n) is 5.73. The fourth-order valence-electron chi connectivity index (χ4n) is 1.60. The summed E-state index contributed by atoms with van der Waals surface area (Å²) in [5, 5.41) is 1.80. The smallest absolute Gasteiger partial charge is 0.101 e. The number of benzene rings is 1. The van der Waals surface area contributed by atoms with E-state index in [0.717, 1.165) is 32.6 Å². The Bertz CT molecular complexity index is 543. The van der Waals surface area contributed by atoms with Gasteiger partial charge in [0.05, 0.1) is 0 Å². The van der Waals surface area contributed by atoms with Crippen molar-refractivity contribution in [1.82, 2.24) is 4.98 Å². The zero-order valence-corrected chi connectivity index (χ0v) is 11.8. The van der Waals surface area contributed by atoms with E-state index in [1.165, 1.54) is 0 Å². The lowest BCUT2D eigenvalue weighted by atomic mass is 10.2. The molecule has 0 aliphatic carbocycles. The van der Waals surface area contributed by atoms with Gasteiger partial charge in [0.25, 0.3) is 0 Å². The average molecular weight is 279 g/mol.